The summed E-state index contributed by atoms with van der Waals surface area (Å²) in [5.41, 5.74) is 6.70. The Labute approximate surface area is 163 Å². The first-order chi connectivity index (χ1) is 13.1. The second kappa shape index (κ2) is 7.80. The molecular weight excluding hydrogens is 328 g/mol. The minimum Gasteiger partial charge on any atom is -0.268 e. The highest BCUT2D eigenvalue weighted by atomic mass is 15.0. The van der Waals surface area contributed by atoms with Gasteiger partial charge in [0, 0.05) is 11.8 Å². The highest BCUT2D eigenvalue weighted by Crippen LogP contribution is 2.39. The van der Waals surface area contributed by atoms with Gasteiger partial charge in [0.05, 0.1) is 5.71 Å². The van der Waals surface area contributed by atoms with Gasteiger partial charge in [-0.05, 0) is 72.6 Å². The molecule has 0 amide bonds. The first-order valence-electron chi connectivity index (χ1n) is 10.3. The van der Waals surface area contributed by atoms with Gasteiger partial charge in [0.25, 0.3) is 0 Å². The highest BCUT2D eigenvalue weighted by Gasteiger charge is 2.26. The normalized spacial score (nSPS) is 19.3. The van der Waals surface area contributed by atoms with Crippen LogP contribution in [0.2, 0.25) is 0 Å². The van der Waals surface area contributed by atoms with Crippen molar-refractivity contribution >= 4 is 11.9 Å². The summed E-state index contributed by atoms with van der Waals surface area (Å²) in [6.07, 6.45) is 10.0. The lowest BCUT2D eigenvalue weighted by atomic mass is 9.72. The molecule has 0 atom stereocenters. The van der Waals surface area contributed by atoms with Gasteiger partial charge in [0.1, 0.15) is 6.67 Å². The maximum atomic E-state index is 4.43. The number of aryl methyl sites for hydroxylation is 1. The second-order valence-electron chi connectivity index (χ2n) is 8.92. The van der Waals surface area contributed by atoms with E-state index in [1.54, 1.807) is 0 Å². The minimum absolute atomic E-state index is 0.562. The van der Waals surface area contributed by atoms with Gasteiger partial charge in [-0.2, -0.15) is 0 Å². The molecule has 27 heavy (non-hydrogen) atoms. The van der Waals surface area contributed by atoms with Crippen LogP contribution in [0.4, 0.5) is 0 Å². The van der Waals surface area contributed by atoms with Gasteiger partial charge in [-0.25, -0.2) is 0 Å². The van der Waals surface area contributed by atoms with Gasteiger partial charge in [0.15, 0.2) is 0 Å². The van der Waals surface area contributed by atoms with Crippen LogP contribution in [0.25, 0.3) is 11.1 Å². The Morgan fingerprint density at radius 3 is 2.37 bits per heavy atom. The fraction of sp³-hybridized carbons (Fsp3) is 0.440. The molecule has 2 aromatic carbocycles. The fourth-order valence-corrected chi connectivity index (χ4v) is 4.29. The van der Waals surface area contributed by atoms with E-state index >= 15 is 0 Å². The molecular formula is C25H30N2. The van der Waals surface area contributed by atoms with Gasteiger partial charge in [0.2, 0.25) is 0 Å². The third kappa shape index (κ3) is 4.55. The number of benzene rings is 2. The molecule has 0 radical (unpaired) electrons. The standard InChI is InChI=1S/C25H30N2/c1-25(2)14-12-20(13-15-25)7-6-19-8-10-21(11-9-19)22-4-3-5-23(16-22)24-17-26-18-27-24/h3-5,8-11,16-17,20H,6-7,12-15,18H2,1-2H3. The molecule has 2 nitrogen and oxygen atoms in total. The third-order valence-electron chi connectivity index (χ3n) is 6.28. The molecule has 0 spiro atoms. The van der Waals surface area contributed by atoms with Crippen LogP contribution in [0.15, 0.2) is 58.5 Å². The Morgan fingerprint density at radius 2 is 1.67 bits per heavy atom. The molecule has 0 N–H and O–H groups in total. The molecule has 2 aliphatic rings. The zero-order valence-corrected chi connectivity index (χ0v) is 16.6. The van der Waals surface area contributed by atoms with Crippen LogP contribution in [0, 0.1) is 11.3 Å². The molecule has 1 aliphatic heterocycles. The van der Waals surface area contributed by atoms with Crippen molar-refractivity contribution in [3.05, 3.63) is 59.7 Å². The van der Waals surface area contributed by atoms with Gasteiger partial charge in [-0.1, -0.05) is 56.3 Å². The van der Waals surface area contributed by atoms with E-state index in [1.807, 2.05) is 6.21 Å². The van der Waals surface area contributed by atoms with E-state index in [1.165, 1.54) is 55.2 Å². The fourth-order valence-electron chi connectivity index (χ4n) is 4.29. The SMILES string of the molecule is CC1(C)CCC(CCc2ccc(-c3cccc(C4=NCN=C4)c3)cc2)CC1. The molecule has 0 aromatic heterocycles. The van der Waals surface area contributed by atoms with E-state index in [0.29, 0.717) is 12.1 Å². The van der Waals surface area contributed by atoms with Crippen molar-refractivity contribution in [3.8, 4) is 11.1 Å². The molecule has 140 valence electrons. The molecule has 0 unspecified atom stereocenters. The zero-order valence-electron chi connectivity index (χ0n) is 16.6. The van der Waals surface area contributed by atoms with Gasteiger partial charge in [-0.15, -0.1) is 0 Å². The lowest BCUT2D eigenvalue weighted by molar-refractivity contribution is 0.185. The maximum Gasteiger partial charge on any atom is 0.130 e. The molecule has 1 saturated carbocycles. The Kier molecular flexibility index (Phi) is 5.24. The predicted octanol–water partition coefficient (Wildman–Crippen LogP) is 6.33. The molecule has 2 heteroatoms. The van der Waals surface area contributed by atoms with E-state index < -0.39 is 0 Å². The van der Waals surface area contributed by atoms with Crippen molar-refractivity contribution in [2.24, 2.45) is 21.3 Å². The van der Waals surface area contributed by atoms with Crippen molar-refractivity contribution in [1.29, 1.82) is 0 Å². The number of nitrogens with zero attached hydrogens (tertiary/aromatic N) is 2. The van der Waals surface area contributed by atoms with Crippen LogP contribution < -0.4 is 0 Å². The lowest BCUT2D eigenvalue weighted by Crippen LogP contribution is -2.21. The quantitative estimate of drug-likeness (QED) is 0.596. The van der Waals surface area contributed by atoms with Crippen molar-refractivity contribution in [2.45, 2.75) is 52.4 Å². The largest absolute Gasteiger partial charge is 0.268 e. The number of aliphatic imine (C=N–C) groups is 2. The van der Waals surface area contributed by atoms with E-state index in [0.717, 1.165) is 17.2 Å². The van der Waals surface area contributed by atoms with Crippen molar-refractivity contribution < 1.29 is 0 Å². The van der Waals surface area contributed by atoms with Crippen LogP contribution in [-0.4, -0.2) is 18.6 Å². The summed E-state index contributed by atoms with van der Waals surface area (Å²) in [5, 5.41) is 0. The average Bonchev–Trinajstić information content (AvgIpc) is 3.23. The molecule has 1 aliphatic carbocycles. The van der Waals surface area contributed by atoms with Gasteiger partial charge < -0.3 is 0 Å². The topological polar surface area (TPSA) is 24.7 Å². The number of rotatable bonds is 5. The Hall–Kier alpha value is -2.22. The van der Waals surface area contributed by atoms with E-state index in [9.17, 15) is 0 Å². The third-order valence-corrected chi connectivity index (χ3v) is 6.28. The monoisotopic (exact) mass is 358 g/mol. The summed E-state index contributed by atoms with van der Waals surface area (Å²) in [5.74, 6) is 0.920. The van der Waals surface area contributed by atoms with Crippen LogP contribution >= 0.6 is 0 Å². The van der Waals surface area contributed by atoms with Crippen molar-refractivity contribution in [3.63, 3.8) is 0 Å². The summed E-state index contributed by atoms with van der Waals surface area (Å²) in [7, 11) is 0. The average molecular weight is 359 g/mol. The first kappa shape index (κ1) is 18.2. The second-order valence-corrected chi connectivity index (χ2v) is 8.92. The molecule has 4 rings (SSSR count). The molecule has 2 aromatic rings. The van der Waals surface area contributed by atoms with E-state index in [4.69, 9.17) is 0 Å². The number of hydrogen-bond donors (Lipinski definition) is 0. The predicted molar refractivity (Wildman–Crippen MR) is 116 cm³/mol. The molecule has 0 saturated heterocycles. The van der Waals surface area contributed by atoms with Crippen molar-refractivity contribution in [2.75, 3.05) is 6.67 Å². The van der Waals surface area contributed by atoms with Crippen LogP contribution in [-0.2, 0) is 6.42 Å². The molecule has 0 bridgehead atoms. The summed E-state index contributed by atoms with van der Waals surface area (Å²) in [6.45, 7) is 5.40. The molecule has 1 fully saturated rings. The summed E-state index contributed by atoms with van der Waals surface area (Å²) < 4.78 is 0. The minimum atomic E-state index is 0.562. The van der Waals surface area contributed by atoms with E-state index in [2.05, 4.69) is 72.4 Å². The lowest BCUT2D eigenvalue weighted by Gasteiger charge is -2.34. The zero-order chi connectivity index (χ0) is 18.7. The maximum absolute atomic E-state index is 4.43. The van der Waals surface area contributed by atoms with Crippen LogP contribution in [0.3, 0.4) is 0 Å². The Bertz CT molecular complexity index is 833. The summed E-state index contributed by atoms with van der Waals surface area (Å²) >= 11 is 0. The smallest absolute Gasteiger partial charge is 0.130 e. The van der Waals surface area contributed by atoms with E-state index in [-0.39, 0.29) is 0 Å². The van der Waals surface area contributed by atoms with Crippen molar-refractivity contribution in [1.82, 2.24) is 0 Å². The molecule has 1 heterocycles. The first-order valence-corrected chi connectivity index (χ1v) is 10.3. The summed E-state index contributed by atoms with van der Waals surface area (Å²) in [6, 6.07) is 17.8. The summed E-state index contributed by atoms with van der Waals surface area (Å²) in [4.78, 5) is 8.62. The Balaban J connectivity index is 1.38. The highest BCUT2D eigenvalue weighted by molar-refractivity contribution is 6.39. The van der Waals surface area contributed by atoms with Gasteiger partial charge in [-0.3, -0.25) is 9.98 Å². The number of hydrogen-bond acceptors (Lipinski definition) is 2. The van der Waals surface area contributed by atoms with Crippen LogP contribution in [0.1, 0.15) is 57.1 Å². The van der Waals surface area contributed by atoms with Gasteiger partial charge >= 0.3 is 0 Å². The van der Waals surface area contributed by atoms with Crippen LogP contribution in [0.5, 0.6) is 0 Å². The Morgan fingerprint density at radius 1 is 0.926 bits per heavy atom.